The molecule has 0 saturated heterocycles. The lowest BCUT2D eigenvalue weighted by Gasteiger charge is -2.17. The Kier molecular flexibility index (Phi) is 6.12. The minimum absolute atomic E-state index is 0.121. The van der Waals surface area contributed by atoms with Crippen LogP contribution in [0.3, 0.4) is 0 Å². The largest absolute Gasteiger partial charge is 0.332 e. The van der Waals surface area contributed by atoms with E-state index in [1.54, 1.807) is 6.07 Å². The van der Waals surface area contributed by atoms with Gasteiger partial charge in [0.1, 0.15) is 0 Å². The number of halogens is 3. The molecule has 0 spiro atoms. The van der Waals surface area contributed by atoms with Gasteiger partial charge in [0.15, 0.2) is 0 Å². The summed E-state index contributed by atoms with van der Waals surface area (Å²) < 4.78 is 13.4. The van der Waals surface area contributed by atoms with Gasteiger partial charge in [0.2, 0.25) is 11.7 Å². The van der Waals surface area contributed by atoms with Gasteiger partial charge in [-0.05, 0) is 24.3 Å². The first-order valence-corrected chi connectivity index (χ1v) is 7.89. The number of carbonyl (C=O) groups excluding carboxylic acids is 2. The van der Waals surface area contributed by atoms with E-state index in [0.717, 1.165) is 23.1 Å². The summed E-state index contributed by atoms with van der Waals surface area (Å²) in [5.41, 5.74) is -0.736. The Hall–Kier alpha value is -2.71. The number of nitro groups is 1. The van der Waals surface area contributed by atoms with E-state index in [0.29, 0.717) is 0 Å². The number of hydrogen-bond donors (Lipinski definition) is 1. The Balaban J connectivity index is 2.10. The highest BCUT2D eigenvalue weighted by Gasteiger charge is 2.21. The number of para-hydroxylation sites is 1. The Morgan fingerprint density at radius 3 is 2.42 bits per heavy atom. The first kappa shape index (κ1) is 19.6. The van der Waals surface area contributed by atoms with Crippen LogP contribution in [0.5, 0.6) is 0 Å². The van der Waals surface area contributed by atoms with Crippen LogP contribution in [-0.2, 0) is 4.79 Å². The van der Waals surface area contributed by atoms with Crippen LogP contribution in [-0.4, -0.2) is 35.2 Å². The molecule has 0 unspecified atom stereocenters. The standard InChI is InChI=1S/C16H12Cl2FN3O4/c1-21(8-14(23)20-15-10(17)3-2-4-11(15)18)16(24)9-5-6-12(19)13(7-9)22(25)26/h2-7H,8H2,1H3,(H,20,23). The highest BCUT2D eigenvalue weighted by atomic mass is 35.5. The highest BCUT2D eigenvalue weighted by Crippen LogP contribution is 2.29. The highest BCUT2D eigenvalue weighted by molar-refractivity contribution is 6.39. The molecule has 0 heterocycles. The van der Waals surface area contributed by atoms with Gasteiger partial charge in [-0.2, -0.15) is 4.39 Å². The molecule has 10 heteroatoms. The van der Waals surface area contributed by atoms with E-state index in [9.17, 15) is 24.1 Å². The topological polar surface area (TPSA) is 92.6 Å². The van der Waals surface area contributed by atoms with Gasteiger partial charge in [-0.25, -0.2) is 0 Å². The van der Waals surface area contributed by atoms with Gasteiger partial charge in [-0.3, -0.25) is 19.7 Å². The number of rotatable bonds is 5. The maximum Gasteiger partial charge on any atom is 0.305 e. The average Bonchev–Trinajstić information content (AvgIpc) is 2.57. The molecule has 0 aliphatic rings. The zero-order valence-electron chi connectivity index (χ0n) is 13.3. The first-order valence-electron chi connectivity index (χ1n) is 7.14. The Bertz CT molecular complexity index is 872. The summed E-state index contributed by atoms with van der Waals surface area (Å²) in [6.07, 6.45) is 0. The minimum Gasteiger partial charge on any atom is -0.332 e. The van der Waals surface area contributed by atoms with Crippen molar-refractivity contribution in [2.24, 2.45) is 0 Å². The number of benzene rings is 2. The molecule has 0 atom stereocenters. The summed E-state index contributed by atoms with van der Waals surface area (Å²) in [6, 6.07) is 7.42. The van der Waals surface area contributed by atoms with Crippen molar-refractivity contribution < 1.29 is 18.9 Å². The fraction of sp³-hybridized carbons (Fsp3) is 0.125. The van der Waals surface area contributed by atoms with Crippen molar-refractivity contribution in [1.82, 2.24) is 4.90 Å². The second-order valence-corrected chi connectivity index (χ2v) is 6.04. The van der Waals surface area contributed by atoms with Crippen molar-refractivity contribution in [3.05, 3.63) is 67.9 Å². The Morgan fingerprint density at radius 1 is 1.23 bits per heavy atom. The number of hydrogen-bond acceptors (Lipinski definition) is 4. The molecule has 0 radical (unpaired) electrons. The van der Waals surface area contributed by atoms with Crippen LogP contribution in [0.2, 0.25) is 10.0 Å². The molecule has 1 N–H and O–H groups in total. The van der Waals surface area contributed by atoms with Crippen LogP contribution >= 0.6 is 23.2 Å². The van der Waals surface area contributed by atoms with Crippen LogP contribution in [0.1, 0.15) is 10.4 Å². The molecule has 0 aliphatic carbocycles. The maximum absolute atomic E-state index is 13.4. The lowest BCUT2D eigenvalue weighted by molar-refractivity contribution is -0.387. The number of amides is 2. The summed E-state index contributed by atoms with van der Waals surface area (Å²) in [7, 11) is 1.32. The molecule has 0 aliphatic heterocycles. The van der Waals surface area contributed by atoms with Crippen molar-refractivity contribution in [2.45, 2.75) is 0 Å². The van der Waals surface area contributed by atoms with Crippen LogP contribution in [0.4, 0.5) is 15.8 Å². The zero-order chi connectivity index (χ0) is 19.4. The second kappa shape index (κ2) is 8.11. The van der Waals surface area contributed by atoms with E-state index in [-0.39, 0.29) is 27.8 Å². The third-order valence-electron chi connectivity index (χ3n) is 3.34. The predicted octanol–water partition coefficient (Wildman–Crippen LogP) is 3.75. The molecule has 2 aromatic carbocycles. The van der Waals surface area contributed by atoms with Gasteiger partial charge in [0.25, 0.3) is 5.91 Å². The lowest BCUT2D eigenvalue weighted by atomic mass is 10.1. The first-order chi connectivity index (χ1) is 12.2. The van der Waals surface area contributed by atoms with Crippen LogP contribution in [0.15, 0.2) is 36.4 Å². The van der Waals surface area contributed by atoms with Crippen LogP contribution in [0.25, 0.3) is 0 Å². The molecule has 2 amide bonds. The van der Waals surface area contributed by atoms with Gasteiger partial charge in [-0.1, -0.05) is 29.3 Å². The molecule has 136 valence electrons. The monoisotopic (exact) mass is 399 g/mol. The van der Waals surface area contributed by atoms with Crippen LogP contribution < -0.4 is 5.32 Å². The van der Waals surface area contributed by atoms with E-state index in [1.165, 1.54) is 19.2 Å². The fourth-order valence-electron chi connectivity index (χ4n) is 2.09. The minimum atomic E-state index is -1.06. The predicted molar refractivity (Wildman–Crippen MR) is 95.1 cm³/mol. The third-order valence-corrected chi connectivity index (χ3v) is 3.97. The smallest absolute Gasteiger partial charge is 0.305 e. The van der Waals surface area contributed by atoms with Crippen LogP contribution in [0, 0.1) is 15.9 Å². The molecular weight excluding hydrogens is 388 g/mol. The molecule has 26 heavy (non-hydrogen) atoms. The summed E-state index contributed by atoms with van der Waals surface area (Å²) >= 11 is 11.9. The summed E-state index contributed by atoms with van der Waals surface area (Å²) in [5, 5.41) is 13.7. The number of likely N-dealkylation sites (N-methyl/N-ethyl adjacent to an activating group) is 1. The third kappa shape index (κ3) is 4.47. The van der Waals surface area contributed by atoms with Crippen molar-refractivity contribution >= 4 is 46.4 Å². The average molecular weight is 400 g/mol. The molecule has 7 nitrogen and oxygen atoms in total. The van der Waals surface area contributed by atoms with Crippen molar-refractivity contribution in [2.75, 3.05) is 18.9 Å². The molecule has 0 saturated carbocycles. The van der Waals surface area contributed by atoms with Gasteiger partial charge >= 0.3 is 5.69 Å². The van der Waals surface area contributed by atoms with Crippen molar-refractivity contribution in [3.8, 4) is 0 Å². The summed E-state index contributed by atoms with van der Waals surface area (Å²) in [5.74, 6) is -2.32. The fourth-order valence-corrected chi connectivity index (χ4v) is 2.58. The number of anilines is 1. The Morgan fingerprint density at radius 2 is 1.85 bits per heavy atom. The summed E-state index contributed by atoms with van der Waals surface area (Å²) in [6.45, 7) is -0.369. The van der Waals surface area contributed by atoms with Gasteiger partial charge in [0, 0.05) is 18.7 Å². The Labute approximate surface area is 157 Å². The van der Waals surface area contributed by atoms with E-state index < -0.39 is 28.2 Å². The normalized spacial score (nSPS) is 10.3. The second-order valence-electron chi connectivity index (χ2n) is 5.23. The van der Waals surface area contributed by atoms with E-state index in [2.05, 4.69) is 5.32 Å². The van der Waals surface area contributed by atoms with Gasteiger partial charge in [-0.15, -0.1) is 0 Å². The molecule has 0 aromatic heterocycles. The quantitative estimate of drug-likeness (QED) is 0.611. The lowest BCUT2D eigenvalue weighted by Crippen LogP contribution is -2.35. The molecular formula is C16H12Cl2FN3O4. The van der Waals surface area contributed by atoms with Crippen molar-refractivity contribution in [3.63, 3.8) is 0 Å². The molecule has 2 rings (SSSR count). The van der Waals surface area contributed by atoms with E-state index in [1.807, 2.05) is 0 Å². The molecule has 0 fully saturated rings. The molecule has 2 aromatic rings. The summed E-state index contributed by atoms with van der Waals surface area (Å²) in [4.78, 5) is 35.3. The maximum atomic E-state index is 13.4. The molecule has 0 bridgehead atoms. The van der Waals surface area contributed by atoms with Gasteiger partial charge in [0.05, 0.1) is 27.2 Å². The van der Waals surface area contributed by atoms with Gasteiger partial charge < -0.3 is 10.2 Å². The number of nitro benzene ring substituents is 1. The zero-order valence-corrected chi connectivity index (χ0v) is 14.8. The van der Waals surface area contributed by atoms with Crippen molar-refractivity contribution in [1.29, 1.82) is 0 Å². The number of nitrogens with zero attached hydrogens (tertiary/aromatic N) is 2. The number of carbonyl (C=O) groups is 2. The number of nitrogens with one attached hydrogen (secondary N) is 1. The van der Waals surface area contributed by atoms with E-state index >= 15 is 0 Å². The van der Waals surface area contributed by atoms with E-state index in [4.69, 9.17) is 23.2 Å². The SMILES string of the molecule is CN(CC(=O)Nc1c(Cl)cccc1Cl)C(=O)c1ccc(F)c([N+](=O)[O-])c1.